The first-order valence-electron chi connectivity index (χ1n) is 5.02. The minimum Gasteiger partial charge on any atom is -0.489 e. The van der Waals surface area contributed by atoms with E-state index in [2.05, 4.69) is 6.07 Å². The van der Waals surface area contributed by atoms with Gasteiger partial charge in [-0.2, -0.15) is 0 Å². The van der Waals surface area contributed by atoms with Crippen molar-refractivity contribution in [2.45, 2.75) is 6.61 Å². The van der Waals surface area contributed by atoms with Crippen LogP contribution in [0.4, 0.5) is 0 Å². The third-order valence-corrected chi connectivity index (χ3v) is 2.18. The van der Waals surface area contributed by atoms with Gasteiger partial charge in [0.05, 0.1) is 0 Å². The van der Waals surface area contributed by atoms with E-state index in [4.69, 9.17) is 4.74 Å². The van der Waals surface area contributed by atoms with Crippen LogP contribution in [-0.4, -0.2) is 6.29 Å². The van der Waals surface area contributed by atoms with Crippen molar-refractivity contribution in [3.8, 4) is 5.75 Å². The molecule has 0 aliphatic carbocycles. The molecule has 2 aromatic carbocycles. The normalized spacial score (nSPS) is 9.75. The summed E-state index contributed by atoms with van der Waals surface area (Å²) >= 11 is 0. The van der Waals surface area contributed by atoms with Gasteiger partial charge in [-0.3, -0.25) is 4.79 Å². The van der Waals surface area contributed by atoms with Gasteiger partial charge in [-0.15, -0.1) is 0 Å². The average Bonchev–Trinajstić information content (AvgIpc) is 2.38. The first-order valence-corrected chi connectivity index (χ1v) is 5.02. The van der Waals surface area contributed by atoms with E-state index >= 15 is 0 Å². The minimum atomic E-state index is 0.523. The number of hydrogen-bond acceptors (Lipinski definition) is 2. The Morgan fingerprint density at radius 1 is 1.12 bits per heavy atom. The van der Waals surface area contributed by atoms with E-state index in [1.165, 1.54) is 0 Å². The molecule has 0 aliphatic heterocycles. The summed E-state index contributed by atoms with van der Waals surface area (Å²) in [4.78, 5) is 10.4. The molecule has 0 spiro atoms. The molecule has 0 atom stereocenters. The Kier molecular flexibility index (Phi) is 3.34. The average molecular weight is 211 g/mol. The van der Waals surface area contributed by atoms with Gasteiger partial charge in [0, 0.05) is 5.56 Å². The van der Waals surface area contributed by atoms with Crippen molar-refractivity contribution in [2.75, 3.05) is 0 Å². The fourth-order valence-electron chi connectivity index (χ4n) is 1.33. The maximum absolute atomic E-state index is 10.4. The van der Waals surface area contributed by atoms with Gasteiger partial charge in [-0.25, -0.2) is 0 Å². The number of benzene rings is 2. The molecule has 16 heavy (non-hydrogen) atoms. The fourth-order valence-corrected chi connectivity index (χ4v) is 1.33. The molecule has 0 fully saturated rings. The molecule has 2 heteroatoms. The summed E-state index contributed by atoms with van der Waals surface area (Å²) in [6, 6.07) is 17.9. The van der Waals surface area contributed by atoms with E-state index in [0.717, 1.165) is 17.6 Å². The van der Waals surface area contributed by atoms with Crippen molar-refractivity contribution in [2.24, 2.45) is 0 Å². The molecular formula is C14H11O2. The monoisotopic (exact) mass is 211 g/mol. The summed E-state index contributed by atoms with van der Waals surface area (Å²) < 4.78 is 5.54. The molecule has 2 rings (SSSR count). The van der Waals surface area contributed by atoms with E-state index in [9.17, 15) is 4.79 Å². The SMILES string of the molecule is O=Cc1[c]cc(OCc2ccccc2)cc1. The van der Waals surface area contributed by atoms with Crippen molar-refractivity contribution in [3.05, 3.63) is 65.7 Å². The number of aldehydes is 1. The molecule has 0 bridgehead atoms. The van der Waals surface area contributed by atoms with Crippen LogP contribution in [0.1, 0.15) is 15.9 Å². The topological polar surface area (TPSA) is 26.3 Å². The first kappa shape index (κ1) is 10.4. The molecule has 1 radical (unpaired) electrons. The molecular weight excluding hydrogens is 200 g/mol. The molecule has 0 heterocycles. The highest BCUT2D eigenvalue weighted by atomic mass is 16.5. The smallest absolute Gasteiger partial charge is 0.150 e. The maximum Gasteiger partial charge on any atom is 0.150 e. The third-order valence-electron chi connectivity index (χ3n) is 2.18. The van der Waals surface area contributed by atoms with Crippen LogP contribution in [0.5, 0.6) is 5.75 Å². The standard InChI is InChI=1S/C14H11O2/c15-10-12-6-8-14(9-7-12)16-11-13-4-2-1-3-5-13/h1-6,8-10H,11H2. The fraction of sp³-hybridized carbons (Fsp3) is 0.0714. The molecule has 2 nitrogen and oxygen atoms in total. The second kappa shape index (κ2) is 5.12. The first-order chi connectivity index (χ1) is 7.88. The summed E-state index contributed by atoms with van der Waals surface area (Å²) in [6.45, 7) is 0.523. The Labute approximate surface area is 94.5 Å². The van der Waals surface area contributed by atoms with Crippen molar-refractivity contribution in [1.29, 1.82) is 0 Å². The van der Waals surface area contributed by atoms with Gasteiger partial charge < -0.3 is 4.74 Å². The quantitative estimate of drug-likeness (QED) is 0.727. The predicted molar refractivity (Wildman–Crippen MR) is 61.4 cm³/mol. The second-order valence-electron chi connectivity index (χ2n) is 3.37. The Morgan fingerprint density at radius 3 is 2.56 bits per heavy atom. The summed E-state index contributed by atoms with van der Waals surface area (Å²) in [5.41, 5.74) is 1.65. The molecule has 0 saturated heterocycles. The molecule has 79 valence electrons. The van der Waals surface area contributed by atoms with Crippen LogP contribution in [0.15, 0.2) is 48.5 Å². The third kappa shape index (κ3) is 2.70. The van der Waals surface area contributed by atoms with Gasteiger partial charge >= 0.3 is 0 Å². The van der Waals surface area contributed by atoms with Crippen LogP contribution in [0, 0.1) is 6.07 Å². The Bertz CT molecular complexity index is 446. The van der Waals surface area contributed by atoms with Gasteiger partial charge in [-0.1, -0.05) is 30.3 Å². The van der Waals surface area contributed by atoms with Gasteiger partial charge in [0.25, 0.3) is 0 Å². The lowest BCUT2D eigenvalue weighted by molar-refractivity contribution is 0.112. The lowest BCUT2D eigenvalue weighted by Crippen LogP contribution is -1.94. The molecule has 0 saturated carbocycles. The van der Waals surface area contributed by atoms with Crippen molar-refractivity contribution < 1.29 is 9.53 Å². The number of rotatable bonds is 4. The number of ether oxygens (including phenoxy) is 1. The molecule has 0 N–H and O–H groups in total. The Hall–Kier alpha value is -2.09. The van der Waals surface area contributed by atoms with Crippen LogP contribution in [0.25, 0.3) is 0 Å². The zero-order valence-electron chi connectivity index (χ0n) is 8.72. The maximum atomic E-state index is 10.4. The van der Waals surface area contributed by atoms with Crippen LogP contribution >= 0.6 is 0 Å². The summed E-state index contributed by atoms with van der Waals surface area (Å²) in [6.07, 6.45) is 0.765. The van der Waals surface area contributed by atoms with Crippen molar-refractivity contribution >= 4 is 6.29 Å². The summed E-state index contributed by atoms with van der Waals surface area (Å²) in [7, 11) is 0. The van der Waals surface area contributed by atoms with E-state index in [-0.39, 0.29) is 0 Å². The van der Waals surface area contributed by atoms with Gasteiger partial charge in [0.1, 0.15) is 12.4 Å². The highest BCUT2D eigenvalue weighted by Crippen LogP contribution is 2.12. The lowest BCUT2D eigenvalue weighted by Gasteiger charge is -2.05. The second-order valence-corrected chi connectivity index (χ2v) is 3.37. The van der Waals surface area contributed by atoms with Gasteiger partial charge in [0.15, 0.2) is 6.29 Å². The van der Waals surface area contributed by atoms with E-state index < -0.39 is 0 Å². The van der Waals surface area contributed by atoms with E-state index in [0.29, 0.717) is 12.2 Å². The van der Waals surface area contributed by atoms with Crippen LogP contribution < -0.4 is 4.74 Å². The zero-order chi connectivity index (χ0) is 11.2. The van der Waals surface area contributed by atoms with Crippen molar-refractivity contribution in [3.63, 3.8) is 0 Å². The predicted octanol–water partition coefficient (Wildman–Crippen LogP) is 2.88. The number of hydrogen-bond donors (Lipinski definition) is 0. The van der Waals surface area contributed by atoms with Crippen LogP contribution in [0.3, 0.4) is 0 Å². The summed E-state index contributed by atoms with van der Waals surface area (Å²) in [5.74, 6) is 0.717. The van der Waals surface area contributed by atoms with Crippen molar-refractivity contribution in [1.82, 2.24) is 0 Å². The Balaban J connectivity index is 1.97. The summed E-state index contributed by atoms with van der Waals surface area (Å²) in [5, 5.41) is 0. The van der Waals surface area contributed by atoms with Crippen LogP contribution in [0.2, 0.25) is 0 Å². The van der Waals surface area contributed by atoms with E-state index in [1.807, 2.05) is 30.3 Å². The lowest BCUT2D eigenvalue weighted by atomic mass is 10.2. The highest BCUT2D eigenvalue weighted by Gasteiger charge is 1.96. The molecule has 0 amide bonds. The minimum absolute atomic E-state index is 0.523. The molecule has 0 aliphatic rings. The molecule has 2 aromatic rings. The zero-order valence-corrected chi connectivity index (χ0v) is 8.72. The Morgan fingerprint density at radius 2 is 1.94 bits per heavy atom. The van der Waals surface area contributed by atoms with Gasteiger partial charge in [-0.05, 0) is 29.8 Å². The van der Waals surface area contributed by atoms with E-state index in [1.54, 1.807) is 18.2 Å². The molecule has 0 aromatic heterocycles. The largest absolute Gasteiger partial charge is 0.489 e. The highest BCUT2D eigenvalue weighted by molar-refractivity contribution is 5.74. The number of carbonyl (C=O) groups excluding carboxylic acids is 1. The van der Waals surface area contributed by atoms with Gasteiger partial charge in [0.2, 0.25) is 0 Å². The number of carbonyl (C=O) groups is 1. The van der Waals surface area contributed by atoms with Crippen LogP contribution in [-0.2, 0) is 6.61 Å². The molecule has 0 unspecified atom stereocenters.